The summed E-state index contributed by atoms with van der Waals surface area (Å²) in [5.74, 6) is 2.58. The second-order valence-corrected chi connectivity index (χ2v) is 6.88. The van der Waals surface area contributed by atoms with Crippen LogP contribution in [-0.4, -0.2) is 38.6 Å². The lowest BCUT2D eigenvalue weighted by Gasteiger charge is -2.34. The van der Waals surface area contributed by atoms with Crippen LogP contribution in [0, 0.1) is 12.8 Å². The van der Waals surface area contributed by atoms with Gasteiger partial charge in [0.25, 0.3) is 5.78 Å². The number of furan rings is 1. The average molecular weight is 368 g/mol. The van der Waals surface area contributed by atoms with E-state index in [0.29, 0.717) is 12.3 Å². The smallest absolute Gasteiger partial charge is 0.254 e. The van der Waals surface area contributed by atoms with Crippen molar-refractivity contribution in [2.75, 3.05) is 18.0 Å². The van der Waals surface area contributed by atoms with Crippen LogP contribution in [0.4, 0.5) is 5.82 Å². The van der Waals surface area contributed by atoms with E-state index < -0.39 is 0 Å². The SMILES string of the molecule is CCc1c(C)nc2ncnn2c1N1CCC(C(=O)NCc2ccco2)CC1. The third-order valence-corrected chi connectivity index (χ3v) is 5.24. The minimum Gasteiger partial charge on any atom is -0.467 e. The summed E-state index contributed by atoms with van der Waals surface area (Å²) in [5, 5.41) is 7.35. The third-order valence-electron chi connectivity index (χ3n) is 5.24. The third kappa shape index (κ3) is 3.39. The standard InChI is InChI=1S/C19H24N6O2/c1-3-16-13(2)23-19-21-12-22-25(19)18(16)24-8-6-14(7-9-24)17(26)20-11-15-5-4-10-27-15/h4-5,10,12,14H,3,6-9,11H2,1-2H3,(H,20,26). The molecule has 0 spiro atoms. The molecule has 1 aliphatic heterocycles. The van der Waals surface area contributed by atoms with Crippen LogP contribution in [0.25, 0.3) is 5.78 Å². The number of hydrogen-bond acceptors (Lipinski definition) is 6. The summed E-state index contributed by atoms with van der Waals surface area (Å²) in [6.07, 6.45) is 5.66. The Morgan fingerprint density at radius 1 is 1.37 bits per heavy atom. The number of carbonyl (C=O) groups is 1. The number of rotatable bonds is 5. The van der Waals surface area contributed by atoms with Crippen molar-refractivity contribution in [3.05, 3.63) is 41.7 Å². The minimum atomic E-state index is 0.0236. The molecule has 0 unspecified atom stereocenters. The molecule has 1 saturated heterocycles. The second kappa shape index (κ2) is 7.38. The Balaban J connectivity index is 1.46. The van der Waals surface area contributed by atoms with Crippen LogP contribution < -0.4 is 10.2 Å². The van der Waals surface area contributed by atoms with Gasteiger partial charge in [-0.05, 0) is 38.3 Å². The molecule has 3 aromatic heterocycles. The zero-order chi connectivity index (χ0) is 18.8. The van der Waals surface area contributed by atoms with Crippen LogP contribution in [0.15, 0.2) is 29.1 Å². The Morgan fingerprint density at radius 2 is 2.19 bits per heavy atom. The van der Waals surface area contributed by atoms with E-state index in [-0.39, 0.29) is 11.8 Å². The van der Waals surface area contributed by atoms with Gasteiger partial charge in [0.05, 0.1) is 12.8 Å². The van der Waals surface area contributed by atoms with E-state index in [0.717, 1.165) is 49.6 Å². The van der Waals surface area contributed by atoms with Crippen LogP contribution in [0.5, 0.6) is 0 Å². The number of amides is 1. The number of aromatic nitrogens is 4. The maximum atomic E-state index is 12.5. The maximum Gasteiger partial charge on any atom is 0.254 e. The van der Waals surface area contributed by atoms with Gasteiger partial charge >= 0.3 is 0 Å². The number of fused-ring (bicyclic) bond motifs is 1. The van der Waals surface area contributed by atoms with E-state index in [2.05, 4.69) is 32.2 Å². The molecule has 142 valence electrons. The fourth-order valence-corrected chi connectivity index (χ4v) is 3.79. The number of nitrogens with zero attached hydrogens (tertiary/aromatic N) is 5. The molecular formula is C19H24N6O2. The molecule has 8 heteroatoms. The molecule has 1 N–H and O–H groups in total. The van der Waals surface area contributed by atoms with Crippen molar-refractivity contribution < 1.29 is 9.21 Å². The minimum absolute atomic E-state index is 0.0236. The van der Waals surface area contributed by atoms with Crippen molar-refractivity contribution in [2.45, 2.75) is 39.7 Å². The van der Waals surface area contributed by atoms with Crippen molar-refractivity contribution in [1.82, 2.24) is 24.9 Å². The molecule has 1 fully saturated rings. The number of nitrogens with one attached hydrogen (secondary N) is 1. The molecule has 0 radical (unpaired) electrons. The molecule has 4 heterocycles. The number of anilines is 1. The topological polar surface area (TPSA) is 88.6 Å². The first-order valence-corrected chi connectivity index (χ1v) is 9.41. The lowest BCUT2D eigenvalue weighted by molar-refractivity contribution is -0.125. The van der Waals surface area contributed by atoms with Gasteiger partial charge in [0.15, 0.2) is 0 Å². The Kier molecular flexibility index (Phi) is 4.79. The Hall–Kier alpha value is -2.90. The number of hydrogen-bond donors (Lipinski definition) is 1. The van der Waals surface area contributed by atoms with Gasteiger partial charge in [0.1, 0.15) is 17.9 Å². The Bertz CT molecular complexity index is 925. The highest BCUT2D eigenvalue weighted by Crippen LogP contribution is 2.28. The van der Waals surface area contributed by atoms with E-state index in [4.69, 9.17) is 4.42 Å². The number of carbonyl (C=O) groups excluding carboxylic acids is 1. The average Bonchev–Trinajstić information content (AvgIpc) is 3.36. The predicted molar refractivity (Wildman–Crippen MR) is 100 cm³/mol. The van der Waals surface area contributed by atoms with Gasteiger partial charge in [0.2, 0.25) is 5.91 Å². The first kappa shape index (κ1) is 17.5. The van der Waals surface area contributed by atoms with E-state index >= 15 is 0 Å². The fraction of sp³-hybridized carbons (Fsp3) is 0.474. The first-order chi connectivity index (χ1) is 13.2. The summed E-state index contributed by atoms with van der Waals surface area (Å²) in [5.41, 5.74) is 2.18. The van der Waals surface area contributed by atoms with Crippen LogP contribution in [-0.2, 0) is 17.8 Å². The molecule has 1 aliphatic rings. The molecule has 27 heavy (non-hydrogen) atoms. The Morgan fingerprint density at radius 3 is 2.89 bits per heavy atom. The summed E-state index contributed by atoms with van der Waals surface area (Å²) in [4.78, 5) is 23.6. The Labute approximate surface area is 157 Å². The highest BCUT2D eigenvalue weighted by molar-refractivity contribution is 5.79. The normalized spacial score (nSPS) is 15.4. The van der Waals surface area contributed by atoms with Crippen molar-refractivity contribution in [2.24, 2.45) is 5.92 Å². The summed E-state index contributed by atoms with van der Waals surface area (Å²) >= 11 is 0. The lowest BCUT2D eigenvalue weighted by atomic mass is 9.95. The van der Waals surface area contributed by atoms with Crippen molar-refractivity contribution in [3.63, 3.8) is 0 Å². The number of aryl methyl sites for hydroxylation is 1. The molecule has 4 rings (SSSR count). The molecule has 0 atom stereocenters. The van der Waals surface area contributed by atoms with Crippen LogP contribution in [0.2, 0.25) is 0 Å². The van der Waals surface area contributed by atoms with Crippen LogP contribution in [0.3, 0.4) is 0 Å². The predicted octanol–water partition coefficient (Wildman–Crippen LogP) is 2.12. The van der Waals surface area contributed by atoms with Gasteiger partial charge < -0.3 is 14.6 Å². The molecule has 8 nitrogen and oxygen atoms in total. The summed E-state index contributed by atoms with van der Waals surface area (Å²) in [6, 6.07) is 3.69. The highest BCUT2D eigenvalue weighted by atomic mass is 16.3. The molecule has 0 bridgehead atoms. The molecule has 1 amide bonds. The van der Waals surface area contributed by atoms with Crippen molar-refractivity contribution in [1.29, 1.82) is 0 Å². The number of piperidine rings is 1. The van der Waals surface area contributed by atoms with E-state index in [1.54, 1.807) is 12.6 Å². The van der Waals surface area contributed by atoms with Gasteiger partial charge in [0, 0.05) is 30.3 Å². The van der Waals surface area contributed by atoms with Crippen molar-refractivity contribution >= 4 is 17.5 Å². The summed E-state index contributed by atoms with van der Waals surface area (Å²) in [7, 11) is 0. The zero-order valence-electron chi connectivity index (χ0n) is 15.7. The molecule has 3 aromatic rings. The molecule has 0 aliphatic carbocycles. The first-order valence-electron chi connectivity index (χ1n) is 9.41. The summed E-state index contributed by atoms with van der Waals surface area (Å²) < 4.78 is 7.09. The monoisotopic (exact) mass is 368 g/mol. The van der Waals surface area contributed by atoms with E-state index in [1.807, 2.05) is 23.6 Å². The highest BCUT2D eigenvalue weighted by Gasteiger charge is 2.28. The van der Waals surface area contributed by atoms with Gasteiger partial charge in [-0.2, -0.15) is 14.6 Å². The van der Waals surface area contributed by atoms with E-state index in [9.17, 15) is 4.79 Å². The van der Waals surface area contributed by atoms with Crippen molar-refractivity contribution in [3.8, 4) is 0 Å². The van der Waals surface area contributed by atoms with Gasteiger partial charge in [-0.15, -0.1) is 0 Å². The van der Waals surface area contributed by atoms with Gasteiger partial charge in [-0.1, -0.05) is 6.92 Å². The molecule has 0 aromatic carbocycles. The summed E-state index contributed by atoms with van der Waals surface area (Å²) in [6.45, 7) is 6.21. The lowest BCUT2D eigenvalue weighted by Crippen LogP contribution is -2.41. The largest absolute Gasteiger partial charge is 0.467 e. The quantitative estimate of drug-likeness (QED) is 0.742. The maximum absolute atomic E-state index is 12.5. The van der Waals surface area contributed by atoms with Gasteiger partial charge in [-0.3, -0.25) is 4.79 Å². The van der Waals surface area contributed by atoms with E-state index in [1.165, 1.54) is 5.56 Å². The second-order valence-electron chi connectivity index (χ2n) is 6.88. The zero-order valence-corrected chi connectivity index (χ0v) is 15.7. The van der Waals surface area contributed by atoms with Gasteiger partial charge in [-0.25, -0.2) is 4.98 Å². The molecule has 0 saturated carbocycles. The fourth-order valence-electron chi connectivity index (χ4n) is 3.79. The molecular weight excluding hydrogens is 344 g/mol. The van der Waals surface area contributed by atoms with Crippen LogP contribution in [0.1, 0.15) is 36.8 Å². The van der Waals surface area contributed by atoms with Crippen LogP contribution >= 0.6 is 0 Å².